The molecule has 0 saturated heterocycles. The summed E-state index contributed by atoms with van der Waals surface area (Å²) >= 11 is 0. The fourth-order valence-corrected chi connectivity index (χ4v) is 2.71. The lowest BCUT2D eigenvalue weighted by molar-refractivity contribution is 0.0937. The average molecular weight is 246 g/mol. The van der Waals surface area contributed by atoms with E-state index in [1.54, 1.807) is 6.07 Å². The molecule has 18 heavy (non-hydrogen) atoms. The van der Waals surface area contributed by atoms with Crippen molar-refractivity contribution in [3.05, 3.63) is 29.3 Å². The van der Waals surface area contributed by atoms with E-state index in [-0.39, 0.29) is 11.9 Å². The first-order chi connectivity index (χ1) is 8.37. The third-order valence-electron chi connectivity index (χ3n) is 3.76. The van der Waals surface area contributed by atoms with Crippen molar-refractivity contribution < 1.29 is 4.79 Å². The molecule has 1 atom stereocenters. The van der Waals surface area contributed by atoms with Crippen molar-refractivity contribution in [2.75, 3.05) is 5.73 Å². The second kappa shape index (κ2) is 4.63. The number of aryl methyl sites for hydroxylation is 1. The molecule has 2 rings (SSSR count). The quantitative estimate of drug-likeness (QED) is 0.788. The molecule has 98 valence electrons. The van der Waals surface area contributed by atoms with Crippen molar-refractivity contribution in [1.82, 2.24) is 5.32 Å². The van der Waals surface area contributed by atoms with E-state index < -0.39 is 0 Å². The standard InChI is InChI=1S/C15H22N2O/c1-10-4-5-12(13(16)8-10)14(18)17-11-6-7-15(2,3)9-11/h4-5,8,11H,6-7,9,16H2,1-3H3,(H,17,18). The lowest BCUT2D eigenvalue weighted by Crippen LogP contribution is -2.33. The number of hydrogen-bond donors (Lipinski definition) is 2. The zero-order valence-corrected chi connectivity index (χ0v) is 11.4. The zero-order valence-electron chi connectivity index (χ0n) is 11.4. The predicted octanol–water partition coefficient (Wildman–Crippen LogP) is 2.89. The van der Waals surface area contributed by atoms with Gasteiger partial charge in [-0.15, -0.1) is 0 Å². The van der Waals surface area contributed by atoms with Crippen LogP contribution in [0.15, 0.2) is 18.2 Å². The van der Waals surface area contributed by atoms with Gasteiger partial charge in [-0.25, -0.2) is 0 Å². The minimum atomic E-state index is -0.0461. The van der Waals surface area contributed by atoms with Gasteiger partial charge in [0, 0.05) is 11.7 Å². The van der Waals surface area contributed by atoms with Crippen LogP contribution in [0.5, 0.6) is 0 Å². The number of anilines is 1. The monoisotopic (exact) mass is 246 g/mol. The maximum absolute atomic E-state index is 12.2. The molecule has 1 unspecified atom stereocenters. The van der Waals surface area contributed by atoms with E-state index in [0.29, 0.717) is 16.7 Å². The molecule has 3 heteroatoms. The second-order valence-corrected chi connectivity index (χ2v) is 6.17. The largest absolute Gasteiger partial charge is 0.398 e. The number of carbonyl (C=O) groups is 1. The molecule has 0 radical (unpaired) electrons. The average Bonchev–Trinajstić information content (AvgIpc) is 2.57. The highest BCUT2D eigenvalue weighted by molar-refractivity contribution is 5.99. The van der Waals surface area contributed by atoms with Gasteiger partial charge < -0.3 is 11.1 Å². The first-order valence-corrected chi connectivity index (χ1v) is 6.54. The van der Waals surface area contributed by atoms with Crippen LogP contribution < -0.4 is 11.1 Å². The third-order valence-corrected chi connectivity index (χ3v) is 3.76. The Balaban J connectivity index is 2.04. The van der Waals surface area contributed by atoms with E-state index in [9.17, 15) is 4.79 Å². The zero-order chi connectivity index (χ0) is 13.3. The summed E-state index contributed by atoms with van der Waals surface area (Å²) in [4.78, 5) is 12.2. The maximum atomic E-state index is 12.2. The topological polar surface area (TPSA) is 55.1 Å². The minimum absolute atomic E-state index is 0.0461. The van der Waals surface area contributed by atoms with Crippen LogP contribution in [0.25, 0.3) is 0 Å². The van der Waals surface area contributed by atoms with E-state index in [1.165, 1.54) is 6.42 Å². The highest BCUT2D eigenvalue weighted by Gasteiger charge is 2.31. The molecule has 1 aliphatic carbocycles. The van der Waals surface area contributed by atoms with E-state index in [2.05, 4.69) is 19.2 Å². The Morgan fingerprint density at radius 1 is 1.44 bits per heavy atom. The van der Waals surface area contributed by atoms with Gasteiger partial charge in [0.1, 0.15) is 0 Å². The number of nitrogens with two attached hydrogens (primary N) is 1. The molecule has 0 heterocycles. The number of hydrogen-bond acceptors (Lipinski definition) is 2. The Morgan fingerprint density at radius 2 is 2.17 bits per heavy atom. The Morgan fingerprint density at radius 3 is 2.72 bits per heavy atom. The third kappa shape index (κ3) is 2.84. The summed E-state index contributed by atoms with van der Waals surface area (Å²) in [7, 11) is 0. The number of nitrogens with one attached hydrogen (secondary N) is 1. The van der Waals surface area contributed by atoms with Gasteiger partial charge in [0.05, 0.1) is 5.56 Å². The van der Waals surface area contributed by atoms with Crippen molar-refractivity contribution in [3.8, 4) is 0 Å². The van der Waals surface area contributed by atoms with Crippen molar-refractivity contribution in [1.29, 1.82) is 0 Å². The van der Waals surface area contributed by atoms with E-state index >= 15 is 0 Å². The Kier molecular flexibility index (Phi) is 3.33. The normalized spacial score (nSPS) is 21.8. The molecule has 1 fully saturated rings. The Labute approximate surface area is 109 Å². The molecule has 1 amide bonds. The van der Waals surface area contributed by atoms with E-state index in [1.807, 2.05) is 19.1 Å². The first kappa shape index (κ1) is 12.9. The number of rotatable bonds is 2. The van der Waals surface area contributed by atoms with Crippen LogP contribution in [-0.2, 0) is 0 Å². The van der Waals surface area contributed by atoms with Crippen LogP contribution >= 0.6 is 0 Å². The van der Waals surface area contributed by atoms with Crippen LogP contribution in [0.2, 0.25) is 0 Å². The van der Waals surface area contributed by atoms with Crippen molar-refractivity contribution >= 4 is 11.6 Å². The van der Waals surface area contributed by atoms with Gasteiger partial charge >= 0.3 is 0 Å². The fourth-order valence-electron chi connectivity index (χ4n) is 2.71. The van der Waals surface area contributed by atoms with Gasteiger partial charge in [-0.2, -0.15) is 0 Å². The van der Waals surface area contributed by atoms with Crippen LogP contribution in [0.4, 0.5) is 5.69 Å². The Hall–Kier alpha value is -1.51. The maximum Gasteiger partial charge on any atom is 0.253 e. The molecule has 0 aromatic heterocycles. The van der Waals surface area contributed by atoms with Crippen LogP contribution in [0.3, 0.4) is 0 Å². The highest BCUT2D eigenvalue weighted by Crippen LogP contribution is 2.37. The summed E-state index contributed by atoms with van der Waals surface area (Å²) < 4.78 is 0. The molecule has 1 aromatic carbocycles. The number of amides is 1. The van der Waals surface area contributed by atoms with Gasteiger partial charge in [0.25, 0.3) is 5.91 Å². The molecule has 0 aliphatic heterocycles. The predicted molar refractivity (Wildman–Crippen MR) is 74.5 cm³/mol. The van der Waals surface area contributed by atoms with Gasteiger partial charge in [0.15, 0.2) is 0 Å². The summed E-state index contributed by atoms with van der Waals surface area (Å²) in [6.45, 7) is 6.47. The fraction of sp³-hybridized carbons (Fsp3) is 0.533. The molecule has 1 aliphatic rings. The molecular formula is C15H22N2O. The summed E-state index contributed by atoms with van der Waals surface area (Å²) in [5, 5.41) is 3.09. The van der Waals surface area contributed by atoms with Gasteiger partial charge in [-0.05, 0) is 49.3 Å². The molecule has 0 bridgehead atoms. The first-order valence-electron chi connectivity index (χ1n) is 6.54. The lowest BCUT2D eigenvalue weighted by Gasteiger charge is -2.18. The molecule has 3 N–H and O–H groups in total. The second-order valence-electron chi connectivity index (χ2n) is 6.17. The summed E-state index contributed by atoms with van der Waals surface area (Å²) in [6.07, 6.45) is 3.27. The van der Waals surface area contributed by atoms with Gasteiger partial charge in [0.2, 0.25) is 0 Å². The molecule has 1 aromatic rings. The van der Waals surface area contributed by atoms with Crippen molar-refractivity contribution in [2.45, 2.75) is 46.1 Å². The Bertz CT molecular complexity index is 466. The number of nitrogen functional groups attached to an aromatic ring is 1. The minimum Gasteiger partial charge on any atom is -0.398 e. The van der Waals surface area contributed by atoms with Crippen LogP contribution in [-0.4, -0.2) is 11.9 Å². The highest BCUT2D eigenvalue weighted by atomic mass is 16.1. The number of benzene rings is 1. The molecule has 0 spiro atoms. The summed E-state index contributed by atoms with van der Waals surface area (Å²) in [5.41, 5.74) is 8.46. The molecule has 1 saturated carbocycles. The van der Waals surface area contributed by atoms with Crippen LogP contribution in [0, 0.1) is 12.3 Å². The summed E-state index contributed by atoms with van der Waals surface area (Å²) in [5.74, 6) is -0.0461. The van der Waals surface area contributed by atoms with E-state index in [0.717, 1.165) is 18.4 Å². The number of carbonyl (C=O) groups excluding carboxylic acids is 1. The van der Waals surface area contributed by atoms with Gasteiger partial charge in [-0.1, -0.05) is 19.9 Å². The smallest absolute Gasteiger partial charge is 0.253 e. The SMILES string of the molecule is Cc1ccc(C(=O)NC2CCC(C)(C)C2)c(N)c1. The van der Waals surface area contributed by atoms with Crippen molar-refractivity contribution in [2.24, 2.45) is 5.41 Å². The molecular weight excluding hydrogens is 224 g/mol. The van der Waals surface area contributed by atoms with E-state index in [4.69, 9.17) is 5.73 Å². The molecule has 3 nitrogen and oxygen atoms in total. The van der Waals surface area contributed by atoms with Crippen molar-refractivity contribution in [3.63, 3.8) is 0 Å². The van der Waals surface area contributed by atoms with Gasteiger partial charge in [-0.3, -0.25) is 4.79 Å². The summed E-state index contributed by atoms with van der Waals surface area (Å²) in [6, 6.07) is 5.85. The van der Waals surface area contributed by atoms with Crippen LogP contribution in [0.1, 0.15) is 49.0 Å². The lowest BCUT2D eigenvalue weighted by atomic mass is 9.92.